The third-order valence-electron chi connectivity index (χ3n) is 8.54. The lowest BCUT2D eigenvalue weighted by atomic mass is 9.66. The zero-order chi connectivity index (χ0) is 28.4. The fourth-order valence-electron chi connectivity index (χ4n) is 6.68. The van der Waals surface area contributed by atoms with Gasteiger partial charge in [0.2, 0.25) is 5.91 Å². The third kappa shape index (κ3) is 5.16. The molecule has 6 atom stereocenters. The van der Waals surface area contributed by atoms with E-state index in [4.69, 9.17) is 16.3 Å². The van der Waals surface area contributed by atoms with Gasteiger partial charge in [0.05, 0.1) is 35.8 Å². The van der Waals surface area contributed by atoms with Gasteiger partial charge in [-0.3, -0.25) is 14.4 Å². The highest BCUT2D eigenvalue weighted by molar-refractivity contribution is 8.02. The zero-order valence-corrected chi connectivity index (χ0v) is 24.4. The maximum absolute atomic E-state index is 14.5. The zero-order valence-electron chi connectivity index (χ0n) is 22.8. The number of aliphatic hydroxyl groups excluding tert-OH is 1. The lowest BCUT2D eigenvalue weighted by molar-refractivity contribution is -0.156. The molecule has 3 aliphatic heterocycles. The topological polar surface area (TPSA) is 87.1 Å². The number of unbranched alkanes of at least 4 members (excludes halogenated alkanes) is 2. The fourth-order valence-corrected chi connectivity index (χ4v) is 9.13. The molecule has 3 fully saturated rings. The molecule has 212 valence electrons. The van der Waals surface area contributed by atoms with E-state index < -0.39 is 33.4 Å². The summed E-state index contributed by atoms with van der Waals surface area (Å²) in [5.74, 6) is -2.19. The number of esters is 1. The number of carbonyl (C=O) groups excluding carboxylic acids is 3. The molecule has 7 nitrogen and oxygen atoms in total. The molecule has 0 aromatic heterocycles. The lowest BCUT2D eigenvalue weighted by Crippen LogP contribution is -2.57. The van der Waals surface area contributed by atoms with Crippen LogP contribution in [0.15, 0.2) is 49.6 Å². The second-order valence-electron chi connectivity index (χ2n) is 10.9. The van der Waals surface area contributed by atoms with Crippen LogP contribution in [0.3, 0.4) is 0 Å². The van der Waals surface area contributed by atoms with Gasteiger partial charge in [-0.05, 0) is 69.7 Å². The van der Waals surface area contributed by atoms with E-state index in [-0.39, 0.29) is 30.9 Å². The highest BCUT2D eigenvalue weighted by Gasteiger charge is 2.78. The summed E-state index contributed by atoms with van der Waals surface area (Å²) in [6.07, 6.45) is 7.77. The number of ether oxygens (including phenoxy) is 1. The summed E-state index contributed by atoms with van der Waals surface area (Å²) in [5.41, 5.74) is 0.646. The van der Waals surface area contributed by atoms with Crippen molar-refractivity contribution in [1.29, 1.82) is 0 Å². The van der Waals surface area contributed by atoms with Gasteiger partial charge in [-0.1, -0.05) is 30.7 Å². The van der Waals surface area contributed by atoms with E-state index in [1.807, 2.05) is 19.9 Å². The second-order valence-corrected chi connectivity index (χ2v) is 13.2. The monoisotopic (exact) mass is 574 g/mol. The van der Waals surface area contributed by atoms with Crippen molar-refractivity contribution >= 4 is 46.8 Å². The first kappa shape index (κ1) is 29.7. The van der Waals surface area contributed by atoms with Crippen LogP contribution < -0.4 is 4.90 Å². The van der Waals surface area contributed by atoms with Crippen LogP contribution >= 0.6 is 23.4 Å². The lowest BCUT2D eigenvalue weighted by Gasteiger charge is -2.39. The van der Waals surface area contributed by atoms with Crippen LogP contribution in [-0.2, 0) is 19.1 Å². The standard InChI is InChI=1S/C30H39ClN2O5S/c1-5-8-9-10-18-38-28(37)24-23-26(35)33(21(7-3)19-34)25(30(23)16-15-29(24,4)39-30)27(36)32(17-6-2)22-13-11-20(31)12-14-22/h5-6,11-14,21,23-25,34H,1-2,7-10,15-19H2,3-4H3/t21-,23-,24+,25?,29-,30?/m0/s1. The molecule has 1 aromatic carbocycles. The minimum atomic E-state index is -0.833. The number of fused-ring (bicyclic) bond motifs is 1. The van der Waals surface area contributed by atoms with Gasteiger partial charge >= 0.3 is 5.97 Å². The molecule has 2 bridgehead atoms. The van der Waals surface area contributed by atoms with Gasteiger partial charge in [0.1, 0.15) is 6.04 Å². The predicted octanol–water partition coefficient (Wildman–Crippen LogP) is 5.01. The SMILES string of the molecule is C=CCCCCOC(=O)[C@H]1[C@H]2C(=O)N([C@@H](CC)CO)C(C(=O)N(CC=C)c3ccc(Cl)cc3)C23CC[C@]1(C)S3. The number of rotatable bonds is 13. The number of anilines is 1. The Bertz CT molecular complexity index is 1110. The van der Waals surface area contributed by atoms with Gasteiger partial charge in [-0.25, -0.2) is 0 Å². The molecule has 0 radical (unpaired) electrons. The molecule has 4 rings (SSSR count). The van der Waals surface area contributed by atoms with Gasteiger partial charge in [-0.2, -0.15) is 0 Å². The molecule has 1 spiro atoms. The quantitative estimate of drug-likeness (QED) is 0.202. The average Bonchev–Trinajstić information content (AvgIpc) is 3.49. The summed E-state index contributed by atoms with van der Waals surface area (Å²) in [4.78, 5) is 45.5. The van der Waals surface area contributed by atoms with E-state index in [0.717, 1.165) is 19.3 Å². The van der Waals surface area contributed by atoms with Crippen LogP contribution in [-0.4, -0.2) is 69.1 Å². The van der Waals surface area contributed by atoms with Crippen LogP contribution in [0.2, 0.25) is 5.02 Å². The Morgan fingerprint density at radius 1 is 1.26 bits per heavy atom. The Hall–Kier alpha value is -2.29. The molecule has 2 unspecified atom stereocenters. The van der Waals surface area contributed by atoms with Crippen LogP contribution in [0, 0.1) is 11.8 Å². The molecule has 0 aliphatic carbocycles. The first-order valence-electron chi connectivity index (χ1n) is 13.8. The highest BCUT2D eigenvalue weighted by atomic mass is 35.5. The van der Waals surface area contributed by atoms with Gasteiger partial charge in [-0.15, -0.1) is 24.9 Å². The van der Waals surface area contributed by atoms with E-state index in [2.05, 4.69) is 13.2 Å². The van der Waals surface area contributed by atoms with Gasteiger partial charge in [0.15, 0.2) is 0 Å². The first-order valence-corrected chi connectivity index (χ1v) is 15.0. The summed E-state index contributed by atoms with van der Waals surface area (Å²) in [6.45, 7) is 11.8. The Morgan fingerprint density at radius 2 is 1.97 bits per heavy atom. The molecule has 3 aliphatic rings. The van der Waals surface area contributed by atoms with E-state index >= 15 is 0 Å². The van der Waals surface area contributed by atoms with Crippen molar-refractivity contribution in [2.45, 2.75) is 74.0 Å². The summed E-state index contributed by atoms with van der Waals surface area (Å²) in [6, 6.07) is 5.62. The number of hydrogen-bond donors (Lipinski definition) is 1. The van der Waals surface area contributed by atoms with Crippen molar-refractivity contribution in [3.05, 3.63) is 54.6 Å². The molecule has 1 N–H and O–H groups in total. The third-order valence-corrected chi connectivity index (χ3v) is 10.8. The van der Waals surface area contributed by atoms with Crippen LogP contribution in [0.4, 0.5) is 5.69 Å². The number of hydrogen-bond acceptors (Lipinski definition) is 6. The van der Waals surface area contributed by atoms with E-state index in [1.165, 1.54) is 0 Å². The number of carbonyl (C=O) groups is 3. The largest absolute Gasteiger partial charge is 0.465 e. The van der Waals surface area contributed by atoms with Crippen LogP contribution in [0.25, 0.3) is 0 Å². The van der Waals surface area contributed by atoms with Crippen molar-refractivity contribution in [3.8, 4) is 0 Å². The second kappa shape index (κ2) is 12.1. The van der Waals surface area contributed by atoms with Gasteiger partial charge < -0.3 is 19.6 Å². The fraction of sp³-hybridized carbons (Fsp3) is 0.567. The molecule has 3 heterocycles. The molecule has 0 saturated carbocycles. The Balaban J connectivity index is 1.73. The molecule has 2 amide bonds. The summed E-state index contributed by atoms with van der Waals surface area (Å²) < 4.78 is 4.43. The summed E-state index contributed by atoms with van der Waals surface area (Å²) in [5, 5.41) is 10.8. The number of thioether (sulfide) groups is 1. The minimum Gasteiger partial charge on any atom is -0.465 e. The van der Waals surface area contributed by atoms with Gasteiger partial charge in [0.25, 0.3) is 5.91 Å². The van der Waals surface area contributed by atoms with Crippen molar-refractivity contribution in [2.24, 2.45) is 11.8 Å². The summed E-state index contributed by atoms with van der Waals surface area (Å²) in [7, 11) is 0. The number of likely N-dealkylation sites (tertiary alicyclic amines) is 1. The number of aliphatic hydroxyl groups is 1. The Labute approximate surface area is 240 Å². The smallest absolute Gasteiger partial charge is 0.311 e. The minimum absolute atomic E-state index is 0.241. The molecule has 1 aromatic rings. The maximum Gasteiger partial charge on any atom is 0.311 e. The van der Waals surface area contributed by atoms with E-state index in [9.17, 15) is 19.5 Å². The van der Waals surface area contributed by atoms with E-state index in [0.29, 0.717) is 36.6 Å². The maximum atomic E-state index is 14.5. The number of nitrogens with zero attached hydrogens (tertiary/aromatic N) is 2. The van der Waals surface area contributed by atoms with Crippen molar-refractivity contribution in [3.63, 3.8) is 0 Å². The van der Waals surface area contributed by atoms with Crippen molar-refractivity contribution in [2.75, 3.05) is 24.7 Å². The molecular weight excluding hydrogens is 536 g/mol. The normalized spacial score (nSPS) is 29.7. The Morgan fingerprint density at radius 3 is 2.59 bits per heavy atom. The Kier molecular flexibility index (Phi) is 9.19. The van der Waals surface area contributed by atoms with Crippen LogP contribution in [0.5, 0.6) is 0 Å². The molecule has 39 heavy (non-hydrogen) atoms. The number of benzene rings is 1. The first-order chi connectivity index (χ1) is 18.7. The van der Waals surface area contributed by atoms with E-state index in [1.54, 1.807) is 51.9 Å². The summed E-state index contributed by atoms with van der Waals surface area (Å²) >= 11 is 7.71. The highest BCUT2D eigenvalue weighted by Crippen LogP contribution is 2.71. The van der Waals surface area contributed by atoms with Crippen molar-refractivity contribution < 1.29 is 24.2 Å². The number of halogens is 1. The molecular formula is C30H39ClN2O5S. The van der Waals surface area contributed by atoms with Crippen molar-refractivity contribution in [1.82, 2.24) is 4.90 Å². The molecule has 9 heteroatoms. The predicted molar refractivity (Wildman–Crippen MR) is 156 cm³/mol. The van der Waals surface area contributed by atoms with Gasteiger partial charge in [0, 0.05) is 22.0 Å². The molecule has 3 saturated heterocycles. The average molecular weight is 575 g/mol. The number of amides is 2. The number of allylic oxidation sites excluding steroid dienone is 1. The van der Waals surface area contributed by atoms with Crippen LogP contribution in [0.1, 0.15) is 52.4 Å².